The lowest BCUT2D eigenvalue weighted by atomic mass is 10.0. The van der Waals surface area contributed by atoms with E-state index >= 15 is 0 Å². The molecule has 0 aromatic heterocycles. The molecule has 0 bridgehead atoms. The SMILES string of the molecule is COC(=O)c1cc(S(N)(=O)=O)ccc1N(C)Cc1cc(C)c(OC)c(C)c1. The number of benzene rings is 2. The summed E-state index contributed by atoms with van der Waals surface area (Å²) in [5, 5.41) is 5.17. The molecule has 2 aromatic rings. The van der Waals surface area contributed by atoms with Gasteiger partial charge in [-0.1, -0.05) is 12.1 Å². The summed E-state index contributed by atoms with van der Waals surface area (Å²) in [4.78, 5) is 13.9. The predicted octanol–water partition coefficient (Wildman–Crippen LogP) is 2.38. The summed E-state index contributed by atoms with van der Waals surface area (Å²) >= 11 is 0. The molecule has 8 heteroatoms. The zero-order valence-electron chi connectivity index (χ0n) is 16.1. The van der Waals surface area contributed by atoms with Gasteiger partial charge in [0.05, 0.1) is 30.4 Å². The Morgan fingerprint density at radius 1 is 1.11 bits per heavy atom. The van der Waals surface area contributed by atoms with Gasteiger partial charge in [0.1, 0.15) is 5.75 Å². The van der Waals surface area contributed by atoms with Crippen LogP contribution in [0.1, 0.15) is 27.0 Å². The minimum Gasteiger partial charge on any atom is -0.496 e. The summed E-state index contributed by atoms with van der Waals surface area (Å²) in [5.74, 6) is 0.207. The maximum absolute atomic E-state index is 12.2. The number of ether oxygens (including phenoxy) is 2. The normalized spacial score (nSPS) is 11.2. The van der Waals surface area contributed by atoms with E-state index in [1.54, 1.807) is 13.2 Å². The van der Waals surface area contributed by atoms with Gasteiger partial charge in [-0.2, -0.15) is 0 Å². The van der Waals surface area contributed by atoms with Crippen LogP contribution in [-0.2, 0) is 21.3 Å². The molecule has 0 radical (unpaired) electrons. The number of hydrogen-bond acceptors (Lipinski definition) is 6. The molecule has 0 amide bonds. The first kappa shape index (κ1) is 20.7. The van der Waals surface area contributed by atoms with Crippen molar-refractivity contribution in [2.24, 2.45) is 5.14 Å². The lowest BCUT2D eigenvalue weighted by Crippen LogP contribution is -2.21. The van der Waals surface area contributed by atoms with Crippen molar-refractivity contribution in [1.82, 2.24) is 0 Å². The van der Waals surface area contributed by atoms with Crippen molar-refractivity contribution in [2.75, 3.05) is 26.2 Å². The van der Waals surface area contributed by atoms with Gasteiger partial charge in [-0.05, 0) is 48.7 Å². The molecule has 0 aliphatic rings. The Morgan fingerprint density at radius 3 is 2.19 bits per heavy atom. The second kappa shape index (κ2) is 7.98. The van der Waals surface area contributed by atoms with Crippen molar-refractivity contribution in [2.45, 2.75) is 25.3 Å². The number of nitrogens with two attached hydrogens (primary N) is 1. The number of nitrogens with zero attached hydrogens (tertiary/aromatic N) is 1. The highest BCUT2D eigenvalue weighted by atomic mass is 32.2. The number of sulfonamides is 1. The van der Waals surface area contributed by atoms with Crippen molar-refractivity contribution in [3.05, 3.63) is 52.6 Å². The third-order valence-corrected chi connectivity index (χ3v) is 5.17. The Bertz CT molecular complexity index is 947. The monoisotopic (exact) mass is 392 g/mol. The summed E-state index contributed by atoms with van der Waals surface area (Å²) in [6.45, 7) is 4.44. The molecule has 0 aliphatic heterocycles. The van der Waals surface area contributed by atoms with Crippen molar-refractivity contribution in [3.63, 3.8) is 0 Å². The van der Waals surface area contributed by atoms with Gasteiger partial charge in [0.2, 0.25) is 10.0 Å². The second-order valence-electron chi connectivity index (χ2n) is 6.33. The van der Waals surface area contributed by atoms with Crippen LogP contribution in [0.3, 0.4) is 0 Å². The Hall–Kier alpha value is -2.58. The Balaban J connectivity index is 2.44. The lowest BCUT2D eigenvalue weighted by molar-refractivity contribution is 0.0601. The molecule has 0 saturated carbocycles. The zero-order chi connectivity index (χ0) is 20.4. The zero-order valence-corrected chi connectivity index (χ0v) is 16.9. The molecule has 0 atom stereocenters. The average Bonchev–Trinajstić information content (AvgIpc) is 2.59. The lowest BCUT2D eigenvalue weighted by Gasteiger charge is -2.23. The van der Waals surface area contributed by atoms with E-state index in [0.717, 1.165) is 22.4 Å². The molecule has 0 aliphatic carbocycles. The quantitative estimate of drug-likeness (QED) is 0.758. The highest BCUT2D eigenvalue weighted by molar-refractivity contribution is 7.89. The van der Waals surface area contributed by atoms with Gasteiger partial charge in [0.25, 0.3) is 0 Å². The Labute approximate surface area is 159 Å². The van der Waals surface area contributed by atoms with Gasteiger partial charge in [-0.3, -0.25) is 0 Å². The van der Waals surface area contributed by atoms with Crippen molar-refractivity contribution in [1.29, 1.82) is 0 Å². The number of esters is 1. The van der Waals surface area contributed by atoms with Gasteiger partial charge >= 0.3 is 5.97 Å². The largest absolute Gasteiger partial charge is 0.496 e. The van der Waals surface area contributed by atoms with E-state index in [4.69, 9.17) is 14.6 Å². The molecule has 2 rings (SSSR count). The van der Waals surface area contributed by atoms with E-state index in [1.807, 2.05) is 37.9 Å². The fourth-order valence-electron chi connectivity index (χ4n) is 3.11. The minimum absolute atomic E-state index is 0.133. The van der Waals surface area contributed by atoms with Crippen molar-refractivity contribution in [3.8, 4) is 5.75 Å². The second-order valence-corrected chi connectivity index (χ2v) is 7.90. The fourth-order valence-corrected chi connectivity index (χ4v) is 3.65. The summed E-state index contributed by atoms with van der Waals surface area (Å²) in [6.07, 6.45) is 0. The highest BCUT2D eigenvalue weighted by Crippen LogP contribution is 2.28. The minimum atomic E-state index is -3.93. The van der Waals surface area contributed by atoms with Crippen molar-refractivity contribution < 1.29 is 22.7 Å². The molecule has 0 unspecified atom stereocenters. The summed E-state index contributed by atoms with van der Waals surface area (Å²) < 4.78 is 33.4. The fraction of sp³-hybridized carbons (Fsp3) is 0.316. The third kappa shape index (κ3) is 4.58. The summed E-state index contributed by atoms with van der Waals surface area (Å²) in [7, 11) is 0.763. The summed E-state index contributed by atoms with van der Waals surface area (Å²) in [5.41, 5.74) is 3.73. The highest BCUT2D eigenvalue weighted by Gasteiger charge is 2.20. The Morgan fingerprint density at radius 2 is 1.70 bits per heavy atom. The van der Waals surface area contributed by atoms with Crippen LogP contribution in [0.25, 0.3) is 0 Å². The first-order valence-corrected chi connectivity index (χ1v) is 9.73. The molecule has 7 nitrogen and oxygen atoms in total. The molecule has 27 heavy (non-hydrogen) atoms. The van der Waals surface area contributed by atoms with E-state index < -0.39 is 16.0 Å². The number of carbonyl (C=O) groups excluding carboxylic acids is 1. The number of carbonyl (C=O) groups is 1. The van der Waals surface area contributed by atoms with Crippen LogP contribution in [0.4, 0.5) is 5.69 Å². The number of aryl methyl sites for hydroxylation is 2. The van der Waals surface area contributed by atoms with Crippen LogP contribution >= 0.6 is 0 Å². The van der Waals surface area contributed by atoms with E-state index in [-0.39, 0.29) is 10.5 Å². The van der Waals surface area contributed by atoms with Gasteiger partial charge in [-0.15, -0.1) is 0 Å². The van der Waals surface area contributed by atoms with Gasteiger partial charge in [0.15, 0.2) is 0 Å². The molecule has 0 fully saturated rings. The number of anilines is 1. The molecule has 2 aromatic carbocycles. The Kier molecular flexibility index (Phi) is 6.12. The van der Waals surface area contributed by atoms with E-state index in [0.29, 0.717) is 12.2 Å². The maximum atomic E-state index is 12.2. The third-order valence-electron chi connectivity index (χ3n) is 4.26. The van der Waals surface area contributed by atoms with E-state index in [9.17, 15) is 13.2 Å². The van der Waals surface area contributed by atoms with Gasteiger partial charge in [0, 0.05) is 13.6 Å². The number of methoxy groups -OCH3 is 2. The molecular weight excluding hydrogens is 368 g/mol. The average molecular weight is 392 g/mol. The molecule has 0 spiro atoms. The van der Waals surface area contributed by atoms with Crippen LogP contribution in [0, 0.1) is 13.8 Å². The van der Waals surface area contributed by atoms with Crippen LogP contribution in [0.5, 0.6) is 5.75 Å². The first-order valence-electron chi connectivity index (χ1n) is 8.19. The predicted molar refractivity (Wildman–Crippen MR) is 104 cm³/mol. The standard InChI is InChI=1S/C19H24N2O5S/c1-12-8-14(9-13(2)18(12)25-4)11-21(3)17-7-6-15(27(20,23)24)10-16(17)19(22)26-5/h6-10H,11H2,1-5H3,(H2,20,23,24). The topological polar surface area (TPSA) is 98.9 Å². The molecular formula is C19H24N2O5S. The molecule has 0 heterocycles. The van der Waals surface area contributed by atoms with E-state index in [2.05, 4.69) is 0 Å². The smallest absolute Gasteiger partial charge is 0.340 e. The molecule has 0 saturated heterocycles. The van der Waals surface area contributed by atoms with Gasteiger partial charge in [-0.25, -0.2) is 18.4 Å². The number of rotatable bonds is 6. The molecule has 146 valence electrons. The maximum Gasteiger partial charge on any atom is 0.340 e. The molecule has 2 N–H and O–H groups in total. The van der Waals surface area contributed by atoms with E-state index in [1.165, 1.54) is 19.2 Å². The van der Waals surface area contributed by atoms with Crippen LogP contribution in [0.2, 0.25) is 0 Å². The summed E-state index contributed by atoms with van der Waals surface area (Å²) in [6, 6.07) is 8.18. The first-order chi connectivity index (χ1) is 12.6. The number of hydrogen-bond donors (Lipinski definition) is 1. The van der Waals surface area contributed by atoms with Crippen LogP contribution in [-0.4, -0.2) is 35.7 Å². The van der Waals surface area contributed by atoms with Crippen LogP contribution in [0.15, 0.2) is 35.2 Å². The van der Waals surface area contributed by atoms with Crippen LogP contribution < -0.4 is 14.8 Å². The van der Waals surface area contributed by atoms with Gasteiger partial charge < -0.3 is 14.4 Å². The number of primary sulfonamides is 1. The van der Waals surface area contributed by atoms with Crippen molar-refractivity contribution >= 4 is 21.7 Å².